The van der Waals surface area contributed by atoms with Crippen LogP contribution in [0.2, 0.25) is 0 Å². The molecule has 0 aromatic carbocycles. The number of nitrogens with one attached hydrogen (secondary N) is 1. The highest BCUT2D eigenvalue weighted by atomic mass is 79.9. The van der Waals surface area contributed by atoms with Gasteiger partial charge in [-0.25, -0.2) is 0 Å². The first-order valence-corrected chi connectivity index (χ1v) is 6.02. The molecule has 0 saturated heterocycles. The van der Waals surface area contributed by atoms with E-state index in [1.165, 1.54) is 0 Å². The molecule has 0 radical (unpaired) electrons. The average Bonchev–Trinajstić information content (AvgIpc) is 2.87. The lowest BCUT2D eigenvalue weighted by Gasteiger charge is -2.10. The molecule has 16 heavy (non-hydrogen) atoms. The maximum absolute atomic E-state index is 5.48. The summed E-state index contributed by atoms with van der Waals surface area (Å²) in [7, 11) is 0. The molecular formula is C11H14BrN3O. The van der Waals surface area contributed by atoms with Gasteiger partial charge in [0.25, 0.3) is 0 Å². The van der Waals surface area contributed by atoms with Crippen LogP contribution in [0.15, 0.2) is 33.6 Å². The minimum atomic E-state index is 0.126. The smallest absolute Gasteiger partial charge is 0.169 e. The molecule has 0 amide bonds. The molecule has 0 aliphatic carbocycles. The number of aromatic nitrogens is 2. The summed E-state index contributed by atoms with van der Waals surface area (Å²) in [6.07, 6.45) is 3.80. The van der Waals surface area contributed by atoms with Crippen LogP contribution in [0.3, 0.4) is 0 Å². The Morgan fingerprint density at radius 3 is 2.94 bits per heavy atom. The summed E-state index contributed by atoms with van der Waals surface area (Å²) < 4.78 is 8.11. The molecule has 0 aliphatic rings. The number of furan rings is 1. The van der Waals surface area contributed by atoms with Crippen LogP contribution in [0.5, 0.6) is 0 Å². The number of anilines is 1. The molecule has 1 unspecified atom stereocenters. The largest absolute Gasteiger partial charge is 0.452 e. The van der Waals surface area contributed by atoms with Crippen molar-refractivity contribution in [3.8, 4) is 0 Å². The van der Waals surface area contributed by atoms with Gasteiger partial charge < -0.3 is 9.73 Å². The summed E-state index contributed by atoms with van der Waals surface area (Å²) in [5.74, 6) is 0.899. The highest BCUT2D eigenvalue weighted by molar-refractivity contribution is 9.10. The van der Waals surface area contributed by atoms with Gasteiger partial charge in [0.05, 0.1) is 17.9 Å². The minimum Gasteiger partial charge on any atom is -0.452 e. The molecule has 0 spiro atoms. The molecule has 0 fully saturated rings. The summed E-state index contributed by atoms with van der Waals surface area (Å²) in [4.78, 5) is 0. The molecular weight excluding hydrogens is 270 g/mol. The van der Waals surface area contributed by atoms with Crippen LogP contribution in [0, 0.1) is 0 Å². The monoisotopic (exact) mass is 283 g/mol. The molecule has 2 rings (SSSR count). The lowest BCUT2D eigenvalue weighted by molar-refractivity contribution is 0.471. The van der Waals surface area contributed by atoms with E-state index in [1.807, 2.05) is 29.2 Å². The topological polar surface area (TPSA) is 43.0 Å². The predicted molar refractivity (Wildman–Crippen MR) is 66.3 cm³/mol. The zero-order chi connectivity index (χ0) is 11.5. The van der Waals surface area contributed by atoms with Crippen molar-refractivity contribution in [3.63, 3.8) is 0 Å². The van der Waals surface area contributed by atoms with Crippen LogP contribution in [0.1, 0.15) is 25.6 Å². The third-order valence-corrected chi connectivity index (χ3v) is 2.79. The molecule has 86 valence electrons. The Morgan fingerprint density at radius 2 is 2.38 bits per heavy atom. The lowest BCUT2D eigenvalue weighted by atomic mass is 10.2. The summed E-state index contributed by atoms with van der Waals surface area (Å²) >= 11 is 3.29. The summed E-state index contributed by atoms with van der Waals surface area (Å²) in [6, 6.07) is 3.97. The Kier molecular flexibility index (Phi) is 3.33. The van der Waals surface area contributed by atoms with Crippen LogP contribution in [-0.2, 0) is 6.54 Å². The van der Waals surface area contributed by atoms with Crippen molar-refractivity contribution in [3.05, 3.63) is 35.0 Å². The zero-order valence-electron chi connectivity index (χ0n) is 9.27. The van der Waals surface area contributed by atoms with Crippen molar-refractivity contribution >= 4 is 21.6 Å². The Balaban J connectivity index is 2.04. The summed E-state index contributed by atoms with van der Waals surface area (Å²) in [5, 5.41) is 7.53. The predicted octanol–water partition coefficient (Wildman–Crippen LogP) is 3.43. The third-order valence-electron chi connectivity index (χ3n) is 2.36. The second-order valence-corrected chi connectivity index (χ2v) is 4.37. The fraction of sp³-hybridized carbons (Fsp3) is 0.364. The van der Waals surface area contributed by atoms with E-state index in [-0.39, 0.29) is 6.04 Å². The zero-order valence-corrected chi connectivity index (χ0v) is 10.9. The quantitative estimate of drug-likeness (QED) is 0.935. The van der Waals surface area contributed by atoms with Gasteiger partial charge in [0.1, 0.15) is 5.76 Å². The highest BCUT2D eigenvalue weighted by Gasteiger charge is 2.10. The summed E-state index contributed by atoms with van der Waals surface area (Å²) in [6.45, 7) is 4.99. The molecule has 2 aromatic rings. The van der Waals surface area contributed by atoms with Crippen molar-refractivity contribution in [2.75, 3.05) is 5.32 Å². The lowest BCUT2D eigenvalue weighted by Crippen LogP contribution is -2.04. The number of rotatable bonds is 4. The molecule has 1 atom stereocenters. The van der Waals surface area contributed by atoms with Crippen LogP contribution >= 0.6 is 15.9 Å². The van der Waals surface area contributed by atoms with Crippen LogP contribution in [0.4, 0.5) is 5.69 Å². The van der Waals surface area contributed by atoms with Gasteiger partial charge in [-0.1, -0.05) is 0 Å². The van der Waals surface area contributed by atoms with Gasteiger partial charge in [-0.15, -0.1) is 0 Å². The average molecular weight is 284 g/mol. The fourth-order valence-corrected chi connectivity index (χ4v) is 1.81. The van der Waals surface area contributed by atoms with Crippen LogP contribution in [0.25, 0.3) is 0 Å². The Morgan fingerprint density at radius 1 is 1.56 bits per heavy atom. The molecule has 0 bridgehead atoms. The van der Waals surface area contributed by atoms with Gasteiger partial charge in [0.15, 0.2) is 4.67 Å². The molecule has 2 heterocycles. The highest BCUT2D eigenvalue weighted by Crippen LogP contribution is 2.23. The first-order chi connectivity index (χ1) is 7.69. The maximum atomic E-state index is 5.48. The van der Waals surface area contributed by atoms with E-state index in [9.17, 15) is 0 Å². The van der Waals surface area contributed by atoms with Gasteiger partial charge in [0.2, 0.25) is 0 Å². The van der Waals surface area contributed by atoms with Crippen molar-refractivity contribution in [1.82, 2.24) is 9.78 Å². The van der Waals surface area contributed by atoms with Crippen molar-refractivity contribution < 1.29 is 4.42 Å². The Bertz CT molecular complexity index is 463. The Labute approximate surface area is 103 Å². The second kappa shape index (κ2) is 4.74. The Hall–Kier alpha value is -1.23. The molecule has 5 heteroatoms. The third kappa shape index (κ3) is 2.47. The van der Waals surface area contributed by atoms with E-state index in [2.05, 4.69) is 40.2 Å². The second-order valence-electron chi connectivity index (χ2n) is 3.59. The van der Waals surface area contributed by atoms with E-state index in [0.717, 1.165) is 22.7 Å². The molecule has 2 aromatic heterocycles. The van der Waals surface area contributed by atoms with Crippen molar-refractivity contribution in [2.45, 2.75) is 26.4 Å². The molecule has 4 nitrogen and oxygen atoms in total. The number of hydrogen-bond acceptors (Lipinski definition) is 3. The van der Waals surface area contributed by atoms with Gasteiger partial charge in [-0.3, -0.25) is 4.68 Å². The first kappa shape index (κ1) is 11.3. The van der Waals surface area contributed by atoms with E-state index >= 15 is 0 Å². The van der Waals surface area contributed by atoms with Gasteiger partial charge in [-0.2, -0.15) is 5.10 Å². The number of halogens is 1. The van der Waals surface area contributed by atoms with Crippen molar-refractivity contribution in [1.29, 1.82) is 0 Å². The van der Waals surface area contributed by atoms with E-state index in [0.29, 0.717) is 0 Å². The first-order valence-electron chi connectivity index (χ1n) is 5.23. The van der Waals surface area contributed by atoms with E-state index in [1.54, 1.807) is 0 Å². The molecule has 0 aliphatic heterocycles. The van der Waals surface area contributed by atoms with Crippen LogP contribution in [-0.4, -0.2) is 9.78 Å². The normalized spacial score (nSPS) is 12.7. The molecule has 0 saturated carbocycles. The van der Waals surface area contributed by atoms with Gasteiger partial charge in [0, 0.05) is 12.7 Å². The SMILES string of the molecule is CCn1cc(NC(C)c2ccc(Br)o2)cn1. The number of aryl methyl sites for hydroxylation is 1. The van der Waals surface area contributed by atoms with E-state index in [4.69, 9.17) is 4.42 Å². The van der Waals surface area contributed by atoms with Gasteiger partial charge in [-0.05, 0) is 41.9 Å². The standard InChI is InChI=1S/C11H14BrN3O/c1-3-15-7-9(6-13-15)14-8(2)10-4-5-11(12)16-10/h4-8,14H,3H2,1-2H3. The number of nitrogens with zero attached hydrogens (tertiary/aromatic N) is 2. The van der Waals surface area contributed by atoms with E-state index < -0.39 is 0 Å². The fourth-order valence-electron chi connectivity index (χ4n) is 1.49. The summed E-state index contributed by atoms with van der Waals surface area (Å²) in [5.41, 5.74) is 1.00. The maximum Gasteiger partial charge on any atom is 0.169 e. The van der Waals surface area contributed by atoms with Crippen molar-refractivity contribution in [2.24, 2.45) is 0 Å². The number of hydrogen-bond donors (Lipinski definition) is 1. The van der Waals surface area contributed by atoms with Gasteiger partial charge >= 0.3 is 0 Å². The minimum absolute atomic E-state index is 0.126. The molecule has 1 N–H and O–H groups in total. The van der Waals surface area contributed by atoms with Crippen LogP contribution < -0.4 is 5.32 Å².